The highest BCUT2D eigenvalue weighted by molar-refractivity contribution is 6.20. The molecule has 1 aliphatic heterocycles. The zero-order valence-electron chi connectivity index (χ0n) is 18.6. The topological polar surface area (TPSA) is 100 Å². The van der Waals surface area contributed by atoms with E-state index in [1.54, 1.807) is 18.3 Å². The predicted octanol–water partition coefficient (Wildman–Crippen LogP) is 5.04. The Balaban J connectivity index is 1.64. The van der Waals surface area contributed by atoms with E-state index in [1.807, 2.05) is 0 Å². The second-order valence-corrected chi connectivity index (χ2v) is 8.15. The number of nitrogens with one attached hydrogen (secondary N) is 1. The third-order valence-electron chi connectivity index (χ3n) is 5.36. The molecule has 3 heterocycles. The number of ether oxygens (including phenoxy) is 2. The first kappa shape index (κ1) is 24.2. The minimum absolute atomic E-state index is 0.151. The highest BCUT2D eigenvalue weighted by Crippen LogP contribution is 2.33. The van der Waals surface area contributed by atoms with Gasteiger partial charge in [-0.05, 0) is 49.2 Å². The molecule has 1 aromatic carbocycles. The number of alkyl halides is 3. The maximum absolute atomic E-state index is 12.9. The van der Waals surface area contributed by atoms with E-state index in [2.05, 4.69) is 31.0 Å². The molecule has 180 valence electrons. The number of anilines is 2. The molecule has 0 radical (unpaired) electrons. The average molecular weight is 500 g/mol. The third kappa shape index (κ3) is 5.75. The quantitative estimate of drug-likeness (QED) is 0.454. The number of amides is 1. The molecule has 0 bridgehead atoms. The molecule has 11 heteroatoms. The molecule has 1 N–H and O–H groups in total. The van der Waals surface area contributed by atoms with Crippen LogP contribution >= 0.6 is 11.6 Å². The van der Waals surface area contributed by atoms with E-state index in [0.29, 0.717) is 22.6 Å². The van der Waals surface area contributed by atoms with Crippen LogP contribution in [0.15, 0.2) is 48.8 Å². The molecular formula is C24H20ClF2N5O3. The molecule has 2 aromatic heterocycles. The van der Waals surface area contributed by atoms with Crippen LogP contribution < -0.4 is 19.7 Å². The molecule has 4 rings (SSSR count). The van der Waals surface area contributed by atoms with Crippen molar-refractivity contribution >= 4 is 29.0 Å². The minimum Gasteiger partial charge on any atom is -0.480 e. The van der Waals surface area contributed by atoms with E-state index in [4.69, 9.17) is 16.3 Å². The van der Waals surface area contributed by atoms with Crippen molar-refractivity contribution in [2.45, 2.75) is 18.4 Å². The van der Waals surface area contributed by atoms with Crippen LogP contribution in [0.1, 0.15) is 28.8 Å². The van der Waals surface area contributed by atoms with Crippen molar-refractivity contribution in [2.24, 2.45) is 0 Å². The first-order valence-corrected chi connectivity index (χ1v) is 11.0. The Morgan fingerprint density at radius 2 is 1.89 bits per heavy atom. The van der Waals surface area contributed by atoms with Gasteiger partial charge in [0.15, 0.2) is 0 Å². The van der Waals surface area contributed by atoms with Crippen LogP contribution in [0.4, 0.5) is 20.3 Å². The number of methoxy groups -OCH3 is 1. The van der Waals surface area contributed by atoms with Crippen molar-refractivity contribution in [1.29, 1.82) is 5.26 Å². The Bertz CT molecular complexity index is 1270. The van der Waals surface area contributed by atoms with E-state index in [0.717, 1.165) is 25.9 Å². The molecule has 0 aliphatic carbocycles. The first-order chi connectivity index (χ1) is 16.8. The standard InChI is InChI=1S/C24H20ClF2N5O3/c1-34-23-15(12-28)10-16(13-30-23)20-11-17(14-29-21(20)32-8-2-3-9-32)22(33)31-18-4-6-19(7-5-18)35-24(25,26)27/h4-7,10-11,13-14H,2-3,8-9H2,1H3,(H,31,33). The van der Waals surface area contributed by atoms with Crippen molar-refractivity contribution in [3.63, 3.8) is 0 Å². The molecule has 0 spiro atoms. The van der Waals surface area contributed by atoms with Gasteiger partial charge in [-0.25, -0.2) is 9.97 Å². The van der Waals surface area contributed by atoms with E-state index in [9.17, 15) is 18.8 Å². The summed E-state index contributed by atoms with van der Waals surface area (Å²) < 4.78 is 35.0. The fourth-order valence-corrected chi connectivity index (χ4v) is 3.85. The van der Waals surface area contributed by atoms with Crippen LogP contribution in [0.25, 0.3) is 11.1 Å². The lowest BCUT2D eigenvalue weighted by atomic mass is 10.0. The SMILES string of the molecule is COc1ncc(-c2cc(C(=O)Nc3ccc(OC(F)(F)Cl)cc3)cnc2N2CCCC2)cc1C#N. The van der Waals surface area contributed by atoms with Gasteiger partial charge in [0.1, 0.15) is 23.2 Å². The number of benzene rings is 1. The van der Waals surface area contributed by atoms with E-state index in [-0.39, 0.29) is 22.8 Å². The Morgan fingerprint density at radius 1 is 1.17 bits per heavy atom. The normalized spacial score (nSPS) is 13.3. The van der Waals surface area contributed by atoms with Gasteiger partial charge in [-0.3, -0.25) is 4.79 Å². The van der Waals surface area contributed by atoms with Gasteiger partial charge in [0.05, 0.1) is 12.7 Å². The first-order valence-electron chi connectivity index (χ1n) is 10.6. The summed E-state index contributed by atoms with van der Waals surface area (Å²) in [4.78, 5) is 23.8. The number of hydrogen-bond acceptors (Lipinski definition) is 7. The van der Waals surface area contributed by atoms with Crippen LogP contribution in [0, 0.1) is 11.3 Å². The van der Waals surface area contributed by atoms with Crippen molar-refractivity contribution in [1.82, 2.24) is 9.97 Å². The second kappa shape index (κ2) is 10.1. The molecule has 0 unspecified atom stereocenters. The van der Waals surface area contributed by atoms with Gasteiger partial charge in [-0.1, -0.05) is 0 Å². The monoisotopic (exact) mass is 499 g/mol. The highest BCUT2D eigenvalue weighted by atomic mass is 35.5. The lowest BCUT2D eigenvalue weighted by molar-refractivity contribution is -0.0964. The van der Waals surface area contributed by atoms with Gasteiger partial charge in [-0.15, -0.1) is 8.78 Å². The van der Waals surface area contributed by atoms with Gasteiger partial charge in [0, 0.05) is 53.9 Å². The Kier molecular flexibility index (Phi) is 6.98. The molecule has 1 saturated heterocycles. The third-order valence-corrected chi connectivity index (χ3v) is 5.43. The second-order valence-electron chi connectivity index (χ2n) is 7.71. The molecule has 1 amide bonds. The van der Waals surface area contributed by atoms with E-state index in [1.165, 1.54) is 37.6 Å². The van der Waals surface area contributed by atoms with Gasteiger partial charge in [-0.2, -0.15) is 5.26 Å². The maximum atomic E-state index is 12.9. The Labute approximate surface area is 205 Å². The van der Waals surface area contributed by atoms with E-state index >= 15 is 0 Å². The highest BCUT2D eigenvalue weighted by Gasteiger charge is 2.27. The number of nitrogens with zero attached hydrogens (tertiary/aromatic N) is 4. The smallest absolute Gasteiger partial charge is 0.480 e. The van der Waals surface area contributed by atoms with E-state index < -0.39 is 11.5 Å². The van der Waals surface area contributed by atoms with Crippen LogP contribution in [-0.2, 0) is 0 Å². The largest absolute Gasteiger partial charge is 0.487 e. The Morgan fingerprint density at radius 3 is 2.51 bits per heavy atom. The number of aromatic nitrogens is 2. The number of carbonyl (C=O) groups is 1. The van der Waals surface area contributed by atoms with Crippen LogP contribution in [0.2, 0.25) is 0 Å². The summed E-state index contributed by atoms with van der Waals surface area (Å²) >= 11 is 4.77. The summed E-state index contributed by atoms with van der Waals surface area (Å²) in [6.07, 6.45) is 5.11. The minimum atomic E-state index is -3.83. The van der Waals surface area contributed by atoms with Crippen molar-refractivity contribution in [3.05, 3.63) is 59.9 Å². The summed E-state index contributed by atoms with van der Waals surface area (Å²) in [5, 5.41) is 12.2. The lowest BCUT2D eigenvalue weighted by Gasteiger charge is -2.21. The predicted molar refractivity (Wildman–Crippen MR) is 126 cm³/mol. The number of hydrogen-bond donors (Lipinski definition) is 1. The molecule has 0 saturated carbocycles. The molecule has 35 heavy (non-hydrogen) atoms. The molecule has 1 aliphatic rings. The van der Waals surface area contributed by atoms with Gasteiger partial charge >= 0.3 is 5.57 Å². The van der Waals surface area contributed by atoms with Crippen molar-refractivity contribution in [3.8, 4) is 28.8 Å². The van der Waals surface area contributed by atoms with Crippen LogP contribution in [-0.4, -0.2) is 41.6 Å². The molecule has 0 atom stereocenters. The Hall–Kier alpha value is -3.97. The molecular weight excluding hydrogens is 480 g/mol. The molecule has 3 aromatic rings. The molecule has 8 nitrogen and oxygen atoms in total. The number of halogens is 3. The zero-order chi connectivity index (χ0) is 25.0. The fourth-order valence-electron chi connectivity index (χ4n) is 3.76. The summed E-state index contributed by atoms with van der Waals surface area (Å²) in [7, 11) is 1.44. The van der Waals surface area contributed by atoms with Gasteiger partial charge < -0.3 is 19.7 Å². The van der Waals surface area contributed by atoms with Crippen molar-refractivity contribution < 1.29 is 23.0 Å². The number of carbonyl (C=O) groups excluding carboxylic acids is 1. The lowest BCUT2D eigenvalue weighted by Crippen LogP contribution is -2.21. The fraction of sp³-hybridized carbons (Fsp3) is 0.250. The zero-order valence-corrected chi connectivity index (χ0v) is 19.4. The number of rotatable bonds is 7. The summed E-state index contributed by atoms with van der Waals surface area (Å²) in [5.74, 6) is 0.297. The summed E-state index contributed by atoms with van der Waals surface area (Å²) in [6.45, 7) is 1.66. The van der Waals surface area contributed by atoms with Crippen molar-refractivity contribution in [2.75, 3.05) is 30.4 Å². The number of nitriles is 1. The van der Waals surface area contributed by atoms with Crippen LogP contribution in [0.3, 0.4) is 0 Å². The average Bonchev–Trinajstić information content (AvgIpc) is 3.38. The van der Waals surface area contributed by atoms with Gasteiger partial charge in [0.25, 0.3) is 5.91 Å². The van der Waals surface area contributed by atoms with Gasteiger partial charge in [0.2, 0.25) is 5.88 Å². The number of pyridine rings is 2. The van der Waals surface area contributed by atoms with Crippen LogP contribution in [0.5, 0.6) is 11.6 Å². The summed E-state index contributed by atoms with van der Waals surface area (Å²) in [5.41, 5.74) is -1.66. The molecule has 1 fully saturated rings. The summed E-state index contributed by atoms with van der Waals surface area (Å²) in [6, 6.07) is 10.8. The maximum Gasteiger partial charge on any atom is 0.487 e.